The number of carbonyl (C=O) groups is 1. The zero-order chi connectivity index (χ0) is 22.3. The Morgan fingerprint density at radius 3 is 2.13 bits per heavy atom. The van der Waals surface area contributed by atoms with Crippen LogP contribution in [0.25, 0.3) is 0 Å². The standard InChI is InChI=1S/C23H30N2O5/c1-15-10-17(23(2,3)4)8-9-18(15)30-14-21(26)25-24-13-16-11-19(27-5)22(29-7)20(12-16)28-6/h8-13H,14H2,1-7H3,(H,25,26)/b24-13-. The number of hydrogen-bond acceptors (Lipinski definition) is 6. The fourth-order valence-corrected chi connectivity index (χ4v) is 2.81. The van der Waals surface area contributed by atoms with E-state index in [1.165, 1.54) is 33.1 Å². The molecule has 0 bridgehead atoms. The van der Waals surface area contributed by atoms with E-state index >= 15 is 0 Å². The molecule has 0 fully saturated rings. The Bertz CT molecular complexity index is 891. The molecular weight excluding hydrogens is 384 g/mol. The quantitative estimate of drug-likeness (QED) is 0.524. The van der Waals surface area contributed by atoms with Crippen LogP contribution >= 0.6 is 0 Å². The Hall–Kier alpha value is -3.22. The van der Waals surface area contributed by atoms with Gasteiger partial charge in [0, 0.05) is 5.56 Å². The molecule has 2 aromatic rings. The number of amides is 1. The van der Waals surface area contributed by atoms with Gasteiger partial charge in [-0.25, -0.2) is 5.43 Å². The molecule has 7 nitrogen and oxygen atoms in total. The van der Waals surface area contributed by atoms with Crippen molar-refractivity contribution in [3.63, 3.8) is 0 Å². The molecule has 162 valence electrons. The van der Waals surface area contributed by atoms with E-state index in [0.29, 0.717) is 28.6 Å². The van der Waals surface area contributed by atoms with Crippen molar-refractivity contribution in [2.24, 2.45) is 5.10 Å². The number of nitrogens with one attached hydrogen (secondary N) is 1. The average Bonchev–Trinajstić information content (AvgIpc) is 2.71. The highest BCUT2D eigenvalue weighted by Crippen LogP contribution is 2.37. The zero-order valence-corrected chi connectivity index (χ0v) is 18.7. The number of nitrogens with zero attached hydrogens (tertiary/aromatic N) is 1. The molecular formula is C23H30N2O5. The van der Waals surface area contributed by atoms with Crippen LogP contribution in [0.2, 0.25) is 0 Å². The van der Waals surface area contributed by atoms with Crippen LogP contribution in [0.5, 0.6) is 23.0 Å². The van der Waals surface area contributed by atoms with Gasteiger partial charge in [-0.2, -0.15) is 5.10 Å². The first-order chi connectivity index (χ1) is 14.2. The summed E-state index contributed by atoms with van der Waals surface area (Å²) in [6.07, 6.45) is 1.49. The second kappa shape index (κ2) is 10.0. The van der Waals surface area contributed by atoms with E-state index in [9.17, 15) is 4.79 Å². The highest BCUT2D eigenvalue weighted by atomic mass is 16.5. The van der Waals surface area contributed by atoms with Crippen LogP contribution in [0, 0.1) is 6.92 Å². The summed E-state index contributed by atoms with van der Waals surface area (Å²) in [6, 6.07) is 9.45. The Labute approximate surface area is 178 Å². The molecule has 0 aromatic heterocycles. The molecule has 1 amide bonds. The smallest absolute Gasteiger partial charge is 0.277 e. The second-order valence-electron chi connectivity index (χ2n) is 7.77. The maximum atomic E-state index is 12.1. The summed E-state index contributed by atoms with van der Waals surface area (Å²) in [4.78, 5) is 12.1. The van der Waals surface area contributed by atoms with Crippen molar-refractivity contribution in [1.29, 1.82) is 0 Å². The third kappa shape index (κ3) is 5.89. The van der Waals surface area contributed by atoms with Gasteiger partial charge in [0.1, 0.15) is 5.75 Å². The predicted octanol–water partition coefficient (Wildman–Crippen LogP) is 3.85. The molecule has 0 spiro atoms. The minimum absolute atomic E-state index is 0.0577. The Morgan fingerprint density at radius 1 is 1.00 bits per heavy atom. The topological polar surface area (TPSA) is 78.4 Å². The molecule has 0 aliphatic heterocycles. The van der Waals surface area contributed by atoms with Crippen molar-refractivity contribution in [1.82, 2.24) is 5.43 Å². The SMILES string of the molecule is COc1cc(/C=N\NC(=O)COc2ccc(C(C)(C)C)cc2C)cc(OC)c1OC. The fourth-order valence-electron chi connectivity index (χ4n) is 2.81. The van der Waals surface area contributed by atoms with E-state index in [0.717, 1.165) is 5.56 Å². The molecule has 0 unspecified atom stereocenters. The van der Waals surface area contributed by atoms with Gasteiger partial charge in [0.05, 0.1) is 27.5 Å². The Kier molecular flexibility index (Phi) is 7.69. The first kappa shape index (κ1) is 23.1. The Morgan fingerprint density at radius 2 is 1.63 bits per heavy atom. The summed E-state index contributed by atoms with van der Waals surface area (Å²) in [7, 11) is 4.60. The van der Waals surface area contributed by atoms with Gasteiger partial charge in [-0.05, 0) is 41.7 Å². The summed E-state index contributed by atoms with van der Waals surface area (Å²) in [5.74, 6) is 1.80. The molecule has 2 aromatic carbocycles. The Balaban J connectivity index is 1.97. The van der Waals surface area contributed by atoms with Gasteiger partial charge in [0.25, 0.3) is 5.91 Å². The minimum Gasteiger partial charge on any atom is -0.493 e. The van der Waals surface area contributed by atoms with Gasteiger partial charge in [0.2, 0.25) is 5.75 Å². The van der Waals surface area contributed by atoms with Gasteiger partial charge in [-0.1, -0.05) is 32.9 Å². The third-order valence-electron chi connectivity index (χ3n) is 4.49. The number of hydrazone groups is 1. The zero-order valence-electron chi connectivity index (χ0n) is 18.7. The highest BCUT2D eigenvalue weighted by Gasteiger charge is 2.15. The predicted molar refractivity (Wildman–Crippen MR) is 117 cm³/mol. The maximum Gasteiger partial charge on any atom is 0.277 e. The van der Waals surface area contributed by atoms with Gasteiger partial charge < -0.3 is 18.9 Å². The molecule has 0 heterocycles. The van der Waals surface area contributed by atoms with Crippen molar-refractivity contribution < 1.29 is 23.7 Å². The largest absolute Gasteiger partial charge is 0.493 e. The number of rotatable bonds is 8. The summed E-state index contributed by atoms with van der Waals surface area (Å²) < 4.78 is 21.5. The van der Waals surface area contributed by atoms with Crippen LogP contribution in [0.15, 0.2) is 35.4 Å². The van der Waals surface area contributed by atoms with Crippen LogP contribution < -0.4 is 24.4 Å². The molecule has 2 rings (SSSR count). The average molecular weight is 415 g/mol. The molecule has 0 saturated carbocycles. The van der Waals surface area contributed by atoms with E-state index in [2.05, 4.69) is 37.4 Å². The summed E-state index contributed by atoms with van der Waals surface area (Å²) in [5.41, 5.74) is 5.39. The van der Waals surface area contributed by atoms with Crippen molar-refractivity contribution >= 4 is 12.1 Å². The molecule has 30 heavy (non-hydrogen) atoms. The molecule has 0 aliphatic carbocycles. The van der Waals surface area contributed by atoms with Gasteiger partial charge in [-0.3, -0.25) is 4.79 Å². The maximum absolute atomic E-state index is 12.1. The van der Waals surface area contributed by atoms with Crippen LogP contribution in [0.3, 0.4) is 0 Å². The lowest BCUT2D eigenvalue weighted by Crippen LogP contribution is -2.24. The first-order valence-electron chi connectivity index (χ1n) is 9.55. The number of hydrogen-bond donors (Lipinski definition) is 1. The summed E-state index contributed by atoms with van der Waals surface area (Å²) in [5, 5.41) is 3.97. The van der Waals surface area contributed by atoms with E-state index < -0.39 is 0 Å². The van der Waals surface area contributed by atoms with E-state index in [1.54, 1.807) is 12.1 Å². The third-order valence-corrected chi connectivity index (χ3v) is 4.49. The lowest BCUT2D eigenvalue weighted by molar-refractivity contribution is -0.123. The normalized spacial score (nSPS) is 11.3. The first-order valence-corrected chi connectivity index (χ1v) is 9.55. The van der Waals surface area contributed by atoms with Crippen LogP contribution in [-0.2, 0) is 10.2 Å². The molecule has 0 atom stereocenters. The van der Waals surface area contributed by atoms with Gasteiger partial charge in [0.15, 0.2) is 18.1 Å². The molecule has 1 N–H and O–H groups in total. The lowest BCUT2D eigenvalue weighted by Gasteiger charge is -2.20. The van der Waals surface area contributed by atoms with Gasteiger partial charge in [-0.15, -0.1) is 0 Å². The molecule has 0 saturated heterocycles. The van der Waals surface area contributed by atoms with Crippen LogP contribution in [-0.4, -0.2) is 40.1 Å². The lowest BCUT2D eigenvalue weighted by atomic mass is 9.86. The van der Waals surface area contributed by atoms with Crippen LogP contribution in [0.4, 0.5) is 0 Å². The van der Waals surface area contributed by atoms with Crippen molar-refractivity contribution in [3.8, 4) is 23.0 Å². The molecule has 0 aliphatic rings. The fraction of sp³-hybridized carbons (Fsp3) is 0.391. The van der Waals surface area contributed by atoms with Crippen molar-refractivity contribution in [2.45, 2.75) is 33.1 Å². The summed E-state index contributed by atoms with van der Waals surface area (Å²) >= 11 is 0. The molecule has 0 radical (unpaired) electrons. The highest BCUT2D eigenvalue weighted by molar-refractivity contribution is 5.84. The minimum atomic E-state index is -0.363. The van der Waals surface area contributed by atoms with Gasteiger partial charge >= 0.3 is 0 Å². The van der Waals surface area contributed by atoms with Crippen molar-refractivity contribution in [3.05, 3.63) is 47.0 Å². The number of benzene rings is 2. The second-order valence-corrected chi connectivity index (χ2v) is 7.77. The monoisotopic (exact) mass is 414 g/mol. The van der Waals surface area contributed by atoms with E-state index in [4.69, 9.17) is 18.9 Å². The number of aryl methyl sites for hydroxylation is 1. The number of ether oxygens (including phenoxy) is 4. The number of methoxy groups -OCH3 is 3. The van der Waals surface area contributed by atoms with Crippen LogP contribution in [0.1, 0.15) is 37.5 Å². The van der Waals surface area contributed by atoms with E-state index in [-0.39, 0.29) is 17.9 Å². The van der Waals surface area contributed by atoms with E-state index in [1.807, 2.05) is 19.1 Å². The van der Waals surface area contributed by atoms with Crippen molar-refractivity contribution in [2.75, 3.05) is 27.9 Å². The number of carbonyl (C=O) groups excluding carboxylic acids is 1. The summed E-state index contributed by atoms with van der Waals surface area (Å²) in [6.45, 7) is 8.29. The molecule has 7 heteroatoms.